The summed E-state index contributed by atoms with van der Waals surface area (Å²) in [6.07, 6.45) is 2.16. The third-order valence-corrected chi connectivity index (χ3v) is 5.97. The van der Waals surface area contributed by atoms with Crippen LogP contribution in [0.3, 0.4) is 0 Å². The molecule has 0 unspecified atom stereocenters. The molecule has 2 aromatic rings. The van der Waals surface area contributed by atoms with E-state index in [1.807, 2.05) is 13.0 Å². The van der Waals surface area contributed by atoms with Crippen LogP contribution in [0.5, 0.6) is 11.5 Å². The summed E-state index contributed by atoms with van der Waals surface area (Å²) in [5.41, 5.74) is 2.42. The van der Waals surface area contributed by atoms with E-state index in [4.69, 9.17) is 14.2 Å². The van der Waals surface area contributed by atoms with Gasteiger partial charge in [-0.2, -0.15) is 0 Å². The minimum absolute atomic E-state index is 0.132. The van der Waals surface area contributed by atoms with Gasteiger partial charge in [0.15, 0.2) is 11.5 Å². The van der Waals surface area contributed by atoms with Gasteiger partial charge in [0.05, 0.1) is 20.3 Å². The molecule has 2 N–H and O–H groups in total. The quantitative estimate of drug-likeness (QED) is 0.764. The smallest absolute Gasteiger partial charge is 0.255 e. The Kier molecular flexibility index (Phi) is 5.63. The largest absolute Gasteiger partial charge is 0.493 e. The molecule has 158 valence electrons. The maximum atomic E-state index is 12.8. The average Bonchev–Trinajstić information content (AvgIpc) is 3.13. The molecule has 1 saturated carbocycles. The fourth-order valence-corrected chi connectivity index (χ4v) is 4.08. The predicted octanol–water partition coefficient (Wildman–Crippen LogP) is 3.17. The molecule has 2 amide bonds. The zero-order chi connectivity index (χ0) is 21.3. The number of methoxy groups -OCH3 is 2. The Labute approximate surface area is 175 Å². The van der Waals surface area contributed by atoms with Gasteiger partial charge in [0, 0.05) is 35.4 Å². The minimum atomic E-state index is -0.290. The number of carbonyl (C=O) groups is 2. The number of fused-ring (bicyclic) bond motifs is 1. The van der Waals surface area contributed by atoms with E-state index in [9.17, 15) is 9.59 Å². The number of hydrogen-bond donors (Lipinski definition) is 2. The van der Waals surface area contributed by atoms with Crippen LogP contribution in [0.4, 0.5) is 5.69 Å². The molecule has 2 aromatic carbocycles. The van der Waals surface area contributed by atoms with Gasteiger partial charge in [-0.05, 0) is 55.7 Å². The topological polar surface area (TPSA) is 85.9 Å². The molecular formula is C23H26N2O5. The molecule has 1 saturated heterocycles. The molecule has 3 atom stereocenters. The molecule has 7 heteroatoms. The molecular weight excluding hydrogens is 384 g/mol. The minimum Gasteiger partial charge on any atom is -0.493 e. The van der Waals surface area contributed by atoms with Gasteiger partial charge in [0.2, 0.25) is 0 Å². The third kappa shape index (κ3) is 3.85. The van der Waals surface area contributed by atoms with Crippen molar-refractivity contribution >= 4 is 17.5 Å². The summed E-state index contributed by atoms with van der Waals surface area (Å²) in [7, 11) is 3.06. The standard InChI is InChI=1S/C23H26N2O5/c1-13-4-5-14(22(26)25-18-12-20-16(18)8-9-30-20)10-17(13)24-23(27)15-6-7-19(28-2)21(11-15)29-3/h4-7,10-11,16,18,20H,8-9,12H2,1-3H3,(H,24,27)(H,25,26)/t16-,18+,20+/m0/s1. The lowest BCUT2D eigenvalue weighted by Gasteiger charge is -2.39. The van der Waals surface area contributed by atoms with Crippen LogP contribution in [-0.4, -0.2) is 44.8 Å². The summed E-state index contributed by atoms with van der Waals surface area (Å²) < 4.78 is 16.1. The molecule has 4 rings (SSSR count). The summed E-state index contributed by atoms with van der Waals surface area (Å²) in [6, 6.07) is 10.5. The van der Waals surface area contributed by atoms with Crippen molar-refractivity contribution in [1.29, 1.82) is 0 Å². The summed E-state index contributed by atoms with van der Waals surface area (Å²) in [6.45, 7) is 2.66. The highest BCUT2D eigenvalue weighted by Gasteiger charge is 2.45. The van der Waals surface area contributed by atoms with E-state index in [-0.39, 0.29) is 17.9 Å². The lowest BCUT2D eigenvalue weighted by Crippen LogP contribution is -2.53. The zero-order valence-corrected chi connectivity index (χ0v) is 17.4. The van der Waals surface area contributed by atoms with Gasteiger partial charge in [-0.15, -0.1) is 0 Å². The number of hydrogen-bond acceptors (Lipinski definition) is 5. The van der Waals surface area contributed by atoms with Gasteiger partial charge in [0.25, 0.3) is 11.8 Å². The van der Waals surface area contributed by atoms with Crippen LogP contribution in [0.2, 0.25) is 0 Å². The van der Waals surface area contributed by atoms with Crippen molar-refractivity contribution in [3.8, 4) is 11.5 Å². The number of rotatable bonds is 6. The maximum absolute atomic E-state index is 12.8. The molecule has 2 aliphatic rings. The van der Waals surface area contributed by atoms with Crippen molar-refractivity contribution in [1.82, 2.24) is 5.32 Å². The summed E-state index contributed by atoms with van der Waals surface area (Å²) in [4.78, 5) is 25.5. The molecule has 0 radical (unpaired) electrons. The maximum Gasteiger partial charge on any atom is 0.255 e. The number of benzene rings is 2. The van der Waals surface area contributed by atoms with Crippen molar-refractivity contribution in [2.45, 2.75) is 31.9 Å². The van der Waals surface area contributed by atoms with Crippen LogP contribution in [-0.2, 0) is 4.74 Å². The van der Waals surface area contributed by atoms with Gasteiger partial charge >= 0.3 is 0 Å². The normalized spacial score (nSPS) is 21.9. The molecule has 0 aromatic heterocycles. The van der Waals surface area contributed by atoms with Gasteiger partial charge < -0.3 is 24.8 Å². The molecule has 0 spiro atoms. The number of aryl methyl sites for hydroxylation is 1. The molecule has 7 nitrogen and oxygen atoms in total. The van der Waals surface area contributed by atoms with Crippen molar-refractivity contribution < 1.29 is 23.8 Å². The number of amides is 2. The van der Waals surface area contributed by atoms with E-state index in [1.54, 1.807) is 37.4 Å². The molecule has 30 heavy (non-hydrogen) atoms. The highest BCUT2D eigenvalue weighted by atomic mass is 16.5. The van der Waals surface area contributed by atoms with Gasteiger partial charge in [0.1, 0.15) is 0 Å². The first-order valence-corrected chi connectivity index (χ1v) is 10.1. The second-order valence-electron chi connectivity index (χ2n) is 7.73. The van der Waals surface area contributed by atoms with E-state index in [2.05, 4.69) is 10.6 Å². The number of carbonyl (C=O) groups excluding carboxylic acids is 2. The predicted molar refractivity (Wildman–Crippen MR) is 112 cm³/mol. The number of ether oxygens (including phenoxy) is 3. The Morgan fingerprint density at radius 3 is 2.47 bits per heavy atom. The van der Waals surface area contributed by atoms with Crippen LogP contribution in [0.15, 0.2) is 36.4 Å². The Bertz CT molecular complexity index is 974. The van der Waals surface area contributed by atoms with Crippen LogP contribution in [0.25, 0.3) is 0 Å². The van der Waals surface area contributed by atoms with Crippen LogP contribution in [0.1, 0.15) is 39.1 Å². The first kappa shape index (κ1) is 20.2. The second kappa shape index (κ2) is 8.36. The van der Waals surface area contributed by atoms with Gasteiger partial charge in [-0.3, -0.25) is 9.59 Å². The molecule has 2 fully saturated rings. The fraction of sp³-hybridized carbons (Fsp3) is 0.391. The Morgan fingerprint density at radius 2 is 1.73 bits per heavy atom. The van der Waals surface area contributed by atoms with Crippen LogP contribution >= 0.6 is 0 Å². The first-order valence-electron chi connectivity index (χ1n) is 10.1. The molecule has 1 aliphatic carbocycles. The van der Waals surface area contributed by atoms with Crippen molar-refractivity contribution in [2.75, 3.05) is 26.1 Å². The van der Waals surface area contributed by atoms with E-state index < -0.39 is 0 Å². The van der Waals surface area contributed by atoms with Crippen molar-refractivity contribution in [3.63, 3.8) is 0 Å². The second-order valence-corrected chi connectivity index (χ2v) is 7.73. The molecule has 1 heterocycles. The van der Waals surface area contributed by atoms with Gasteiger partial charge in [-0.25, -0.2) is 0 Å². The molecule has 0 bridgehead atoms. The van der Waals surface area contributed by atoms with E-state index in [0.717, 1.165) is 25.0 Å². The van der Waals surface area contributed by atoms with E-state index in [1.165, 1.54) is 7.11 Å². The zero-order valence-electron chi connectivity index (χ0n) is 17.4. The third-order valence-electron chi connectivity index (χ3n) is 5.97. The lowest BCUT2D eigenvalue weighted by atomic mass is 9.76. The van der Waals surface area contributed by atoms with Crippen molar-refractivity contribution in [3.05, 3.63) is 53.1 Å². The van der Waals surface area contributed by atoms with E-state index >= 15 is 0 Å². The number of nitrogens with one attached hydrogen (secondary N) is 2. The summed E-state index contributed by atoms with van der Waals surface area (Å²) >= 11 is 0. The summed E-state index contributed by atoms with van der Waals surface area (Å²) in [5, 5.41) is 5.99. The van der Waals surface area contributed by atoms with Crippen LogP contribution in [0, 0.1) is 12.8 Å². The SMILES string of the molecule is COc1ccc(C(=O)Nc2cc(C(=O)N[C@@H]3C[C@H]4OCC[C@@H]34)ccc2C)cc1OC. The van der Waals surface area contributed by atoms with Crippen molar-refractivity contribution in [2.24, 2.45) is 5.92 Å². The monoisotopic (exact) mass is 410 g/mol. The Balaban J connectivity index is 1.46. The lowest BCUT2D eigenvalue weighted by molar-refractivity contribution is 0.00809. The fourth-order valence-electron chi connectivity index (χ4n) is 4.08. The van der Waals surface area contributed by atoms with Crippen LogP contribution < -0.4 is 20.1 Å². The Morgan fingerprint density at radius 1 is 1.00 bits per heavy atom. The highest BCUT2D eigenvalue weighted by Crippen LogP contribution is 2.38. The Hall–Kier alpha value is -3.06. The molecule has 1 aliphatic heterocycles. The van der Waals surface area contributed by atoms with Gasteiger partial charge in [-0.1, -0.05) is 6.07 Å². The first-order chi connectivity index (χ1) is 14.5. The summed E-state index contributed by atoms with van der Waals surface area (Å²) in [5.74, 6) is 1.02. The van der Waals surface area contributed by atoms with E-state index in [0.29, 0.717) is 40.3 Å². The average molecular weight is 410 g/mol. The number of anilines is 1. The highest BCUT2D eigenvalue weighted by molar-refractivity contribution is 6.06.